The van der Waals surface area contributed by atoms with Gasteiger partial charge in [-0.3, -0.25) is 14.4 Å². The van der Waals surface area contributed by atoms with Gasteiger partial charge in [0.25, 0.3) is 0 Å². The third-order valence-corrected chi connectivity index (χ3v) is 12.1. The van der Waals surface area contributed by atoms with E-state index in [-0.39, 0.29) is 37.5 Å². The first-order valence-corrected chi connectivity index (χ1v) is 29.7. The maximum absolute atomic E-state index is 12.9. The zero-order valence-corrected chi connectivity index (χ0v) is 47.1. The summed E-state index contributed by atoms with van der Waals surface area (Å²) in [6.07, 6.45) is 84.4. The molecule has 0 spiro atoms. The van der Waals surface area contributed by atoms with Gasteiger partial charge in [0.1, 0.15) is 13.2 Å². The average molecular weight is 1010 g/mol. The smallest absolute Gasteiger partial charge is 0.306 e. The fourth-order valence-corrected chi connectivity index (χ4v) is 7.72. The molecule has 0 N–H and O–H groups in total. The van der Waals surface area contributed by atoms with Gasteiger partial charge >= 0.3 is 17.9 Å². The van der Waals surface area contributed by atoms with E-state index in [9.17, 15) is 14.4 Å². The number of esters is 3. The zero-order valence-electron chi connectivity index (χ0n) is 47.1. The number of allylic oxidation sites excluding steroid dienone is 22. The Balaban J connectivity index is 4.51. The van der Waals surface area contributed by atoms with Gasteiger partial charge in [0, 0.05) is 19.3 Å². The molecule has 0 aromatic heterocycles. The predicted molar refractivity (Wildman–Crippen MR) is 316 cm³/mol. The van der Waals surface area contributed by atoms with Gasteiger partial charge in [0.05, 0.1) is 0 Å². The molecular formula is C67H108O6. The van der Waals surface area contributed by atoms with E-state index in [1.807, 2.05) is 0 Å². The topological polar surface area (TPSA) is 78.9 Å². The van der Waals surface area contributed by atoms with Crippen LogP contribution in [0.25, 0.3) is 0 Å². The van der Waals surface area contributed by atoms with Crippen molar-refractivity contribution in [2.45, 2.75) is 258 Å². The molecule has 0 amide bonds. The van der Waals surface area contributed by atoms with Crippen molar-refractivity contribution in [2.75, 3.05) is 13.2 Å². The van der Waals surface area contributed by atoms with E-state index in [1.165, 1.54) is 70.6 Å². The molecule has 0 radical (unpaired) electrons. The van der Waals surface area contributed by atoms with Crippen LogP contribution in [0.15, 0.2) is 134 Å². The number of rotatable bonds is 52. The molecule has 6 heteroatoms. The number of ether oxygens (including phenoxy) is 3. The number of hydrogen-bond acceptors (Lipinski definition) is 6. The van der Waals surface area contributed by atoms with Crippen LogP contribution in [0, 0.1) is 0 Å². The summed E-state index contributed by atoms with van der Waals surface area (Å²) in [7, 11) is 0. The Morgan fingerprint density at radius 2 is 0.534 bits per heavy atom. The maximum atomic E-state index is 12.9. The van der Waals surface area contributed by atoms with Gasteiger partial charge in [0.15, 0.2) is 6.10 Å². The van der Waals surface area contributed by atoms with Crippen molar-refractivity contribution < 1.29 is 28.6 Å². The number of hydrogen-bond donors (Lipinski definition) is 0. The lowest BCUT2D eigenvalue weighted by molar-refractivity contribution is -0.167. The van der Waals surface area contributed by atoms with Gasteiger partial charge in [-0.05, 0) is 135 Å². The number of carbonyl (C=O) groups is 3. The molecule has 0 heterocycles. The second kappa shape index (κ2) is 60.1. The van der Waals surface area contributed by atoms with Gasteiger partial charge in [-0.15, -0.1) is 0 Å². The molecule has 1 atom stereocenters. The molecule has 0 rings (SSSR count). The van der Waals surface area contributed by atoms with Crippen LogP contribution in [0.1, 0.15) is 252 Å². The van der Waals surface area contributed by atoms with Crippen LogP contribution in [0.5, 0.6) is 0 Å². The van der Waals surface area contributed by atoms with Crippen molar-refractivity contribution in [1.82, 2.24) is 0 Å². The van der Waals surface area contributed by atoms with Crippen LogP contribution in [-0.4, -0.2) is 37.2 Å². The highest BCUT2D eigenvalue weighted by Crippen LogP contribution is 2.14. The summed E-state index contributed by atoms with van der Waals surface area (Å²) < 4.78 is 16.8. The predicted octanol–water partition coefficient (Wildman–Crippen LogP) is 20.2. The zero-order chi connectivity index (χ0) is 52.9. The first-order valence-electron chi connectivity index (χ1n) is 29.7. The Morgan fingerprint density at radius 1 is 0.288 bits per heavy atom. The Bertz CT molecular complexity index is 1580. The molecule has 0 aliphatic rings. The summed E-state index contributed by atoms with van der Waals surface area (Å²) in [5.41, 5.74) is 0. The van der Waals surface area contributed by atoms with Gasteiger partial charge in [-0.1, -0.05) is 231 Å². The van der Waals surface area contributed by atoms with Crippen LogP contribution in [0.3, 0.4) is 0 Å². The Kier molecular flexibility index (Phi) is 56.4. The van der Waals surface area contributed by atoms with Crippen LogP contribution in [0.2, 0.25) is 0 Å². The Labute approximate surface area is 449 Å². The van der Waals surface area contributed by atoms with Crippen LogP contribution in [-0.2, 0) is 28.6 Å². The molecule has 6 nitrogen and oxygen atoms in total. The summed E-state index contributed by atoms with van der Waals surface area (Å²) in [6.45, 7) is 6.34. The summed E-state index contributed by atoms with van der Waals surface area (Å²) in [6, 6.07) is 0. The van der Waals surface area contributed by atoms with E-state index in [4.69, 9.17) is 14.2 Å². The van der Waals surface area contributed by atoms with Crippen molar-refractivity contribution in [3.8, 4) is 0 Å². The van der Waals surface area contributed by atoms with E-state index in [0.717, 1.165) is 141 Å². The first-order chi connectivity index (χ1) is 36.0. The van der Waals surface area contributed by atoms with Gasteiger partial charge in [-0.25, -0.2) is 0 Å². The van der Waals surface area contributed by atoms with Gasteiger partial charge < -0.3 is 14.2 Å². The van der Waals surface area contributed by atoms with Crippen molar-refractivity contribution >= 4 is 17.9 Å². The van der Waals surface area contributed by atoms with E-state index < -0.39 is 6.10 Å². The molecule has 0 bridgehead atoms. The van der Waals surface area contributed by atoms with E-state index in [0.29, 0.717) is 12.8 Å². The molecule has 0 aromatic carbocycles. The SMILES string of the molecule is CC/C=C\C/C=C\C/C=C\C/C=C\C/C=C\CCCCCC(=O)OC[C@H](COC(=O)CCCCCCCCCCC/C=C\C/C=C\CCCCC)OC(=O)CCCCCC/C=C\C/C=C\C/C=C\C/C=C\CC. The second-order valence-electron chi connectivity index (χ2n) is 19.1. The van der Waals surface area contributed by atoms with Crippen molar-refractivity contribution in [3.63, 3.8) is 0 Å². The molecule has 73 heavy (non-hydrogen) atoms. The van der Waals surface area contributed by atoms with Crippen molar-refractivity contribution in [2.24, 2.45) is 0 Å². The van der Waals surface area contributed by atoms with Crippen LogP contribution >= 0.6 is 0 Å². The molecule has 0 aliphatic heterocycles. The fraction of sp³-hybridized carbons (Fsp3) is 0.627. The van der Waals surface area contributed by atoms with E-state index in [1.54, 1.807) is 0 Å². The molecule has 0 saturated heterocycles. The summed E-state index contributed by atoms with van der Waals surface area (Å²) in [5.74, 6) is -0.968. The average Bonchev–Trinajstić information content (AvgIpc) is 3.39. The van der Waals surface area contributed by atoms with Crippen molar-refractivity contribution in [1.29, 1.82) is 0 Å². The highest BCUT2D eigenvalue weighted by Gasteiger charge is 2.19. The van der Waals surface area contributed by atoms with Crippen molar-refractivity contribution in [3.05, 3.63) is 134 Å². The van der Waals surface area contributed by atoms with Gasteiger partial charge in [-0.2, -0.15) is 0 Å². The second-order valence-corrected chi connectivity index (χ2v) is 19.1. The number of unbranched alkanes of at least 4 members (excludes halogenated alkanes) is 19. The largest absolute Gasteiger partial charge is 0.462 e. The molecule has 0 fully saturated rings. The molecular weight excluding hydrogens is 901 g/mol. The van der Waals surface area contributed by atoms with E-state index >= 15 is 0 Å². The number of carbonyl (C=O) groups excluding carboxylic acids is 3. The minimum Gasteiger partial charge on any atom is -0.462 e. The van der Waals surface area contributed by atoms with Crippen LogP contribution in [0.4, 0.5) is 0 Å². The highest BCUT2D eigenvalue weighted by atomic mass is 16.6. The first kappa shape index (κ1) is 68.6. The monoisotopic (exact) mass is 1010 g/mol. The minimum atomic E-state index is -0.813. The molecule has 0 aromatic rings. The standard InChI is InChI=1S/C67H108O6/c1-4-7-10-13-16-19-22-25-28-31-33-36-38-41-44-47-50-53-56-59-65(68)71-62-64(73-67(70)61-58-55-52-49-46-43-40-35-30-27-24-21-18-15-12-9-6-3)63-72-66(69)60-57-54-51-48-45-42-39-37-34-32-29-26-23-20-17-14-11-8-5-2/h7,9-10,12,16-21,25-30,33,36,40-41,43-44,64H,4-6,8,11,13-15,22-24,31-32,34-35,37-39,42,45-63H2,1-3H3/b10-7-,12-9-,19-16-,20-17-,21-18-,28-25-,29-26-,30-27-,36-33-,43-40-,44-41-/t64-/m1/s1. The third-order valence-electron chi connectivity index (χ3n) is 12.1. The summed E-state index contributed by atoms with van der Waals surface area (Å²) in [5, 5.41) is 0. The highest BCUT2D eigenvalue weighted by molar-refractivity contribution is 5.71. The maximum Gasteiger partial charge on any atom is 0.306 e. The lowest BCUT2D eigenvalue weighted by Gasteiger charge is -2.18. The summed E-state index contributed by atoms with van der Waals surface area (Å²) >= 11 is 0. The molecule has 0 saturated carbocycles. The quantitative estimate of drug-likeness (QED) is 0.0261. The molecule has 0 unspecified atom stereocenters. The minimum absolute atomic E-state index is 0.105. The fourth-order valence-electron chi connectivity index (χ4n) is 7.72. The van der Waals surface area contributed by atoms with Gasteiger partial charge in [0.2, 0.25) is 0 Å². The Hall–Kier alpha value is -4.45. The third kappa shape index (κ3) is 58.3. The lowest BCUT2D eigenvalue weighted by Crippen LogP contribution is -2.30. The van der Waals surface area contributed by atoms with Crippen LogP contribution < -0.4 is 0 Å². The van der Waals surface area contributed by atoms with E-state index in [2.05, 4.69) is 154 Å². The lowest BCUT2D eigenvalue weighted by atomic mass is 10.1. The molecule has 412 valence electrons. The summed E-state index contributed by atoms with van der Waals surface area (Å²) in [4.78, 5) is 38.2. The molecule has 0 aliphatic carbocycles. The normalized spacial score (nSPS) is 13.1. The Morgan fingerprint density at radius 3 is 0.849 bits per heavy atom.